The van der Waals surface area contributed by atoms with E-state index in [4.69, 9.17) is 0 Å². The van der Waals surface area contributed by atoms with E-state index in [2.05, 4.69) is 10.3 Å². The number of carbonyl (C=O) groups excluding carboxylic acids is 1. The molecule has 29 heavy (non-hydrogen) atoms. The van der Waals surface area contributed by atoms with Crippen LogP contribution in [0.5, 0.6) is 0 Å². The van der Waals surface area contributed by atoms with Gasteiger partial charge in [-0.05, 0) is 30.7 Å². The minimum atomic E-state index is -0.521. The van der Waals surface area contributed by atoms with Gasteiger partial charge in [0.25, 0.3) is 0 Å². The molecule has 0 aliphatic heterocycles. The van der Waals surface area contributed by atoms with Crippen LogP contribution in [0.3, 0.4) is 0 Å². The highest BCUT2D eigenvalue weighted by Crippen LogP contribution is 2.25. The molecule has 6 heteroatoms. The van der Waals surface area contributed by atoms with Crippen molar-refractivity contribution in [1.82, 2.24) is 9.55 Å². The van der Waals surface area contributed by atoms with Crippen LogP contribution in [0.15, 0.2) is 77.6 Å². The van der Waals surface area contributed by atoms with Gasteiger partial charge in [0.1, 0.15) is 12.4 Å². The molecule has 0 unspecified atom stereocenters. The van der Waals surface area contributed by atoms with E-state index in [-0.39, 0.29) is 6.54 Å². The van der Waals surface area contributed by atoms with Crippen LogP contribution in [0.2, 0.25) is 0 Å². The van der Waals surface area contributed by atoms with Crippen molar-refractivity contribution in [2.75, 3.05) is 5.32 Å². The Kier molecular flexibility index (Phi) is 4.91. The Morgan fingerprint density at radius 1 is 1.03 bits per heavy atom. The number of carbonyl (C=O) groups is 1. The first-order valence-electron chi connectivity index (χ1n) is 9.14. The van der Waals surface area contributed by atoms with E-state index < -0.39 is 17.4 Å². The van der Waals surface area contributed by atoms with Crippen LogP contribution in [0.1, 0.15) is 5.56 Å². The summed E-state index contributed by atoms with van der Waals surface area (Å²) in [4.78, 5) is 29.5. The number of benzene rings is 3. The molecule has 4 aromatic rings. The fourth-order valence-corrected chi connectivity index (χ4v) is 3.21. The van der Waals surface area contributed by atoms with Gasteiger partial charge in [-0.3, -0.25) is 9.36 Å². The van der Waals surface area contributed by atoms with E-state index in [0.717, 1.165) is 10.9 Å². The van der Waals surface area contributed by atoms with Gasteiger partial charge in [0, 0.05) is 16.6 Å². The van der Waals surface area contributed by atoms with E-state index in [1.54, 1.807) is 31.2 Å². The quantitative estimate of drug-likeness (QED) is 0.572. The Hall–Kier alpha value is -3.80. The first kappa shape index (κ1) is 18.6. The molecule has 1 aromatic heterocycles. The summed E-state index contributed by atoms with van der Waals surface area (Å²) in [5, 5.41) is 3.40. The fraction of sp³-hybridized carbons (Fsp3) is 0.0870. The predicted octanol–water partition coefficient (Wildman–Crippen LogP) is 4.15. The average Bonchev–Trinajstić information content (AvgIpc) is 2.73. The van der Waals surface area contributed by atoms with Gasteiger partial charge in [-0.15, -0.1) is 0 Å². The third kappa shape index (κ3) is 3.78. The maximum absolute atomic E-state index is 13.7. The van der Waals surface area contributed by atoms with Crippen LogP contribution in [0.4, 0.5) is 10.1 Å². The monoisotopic (exact) mass is 387 g/mol. The first-order chi connectivity index (χ1) is 14.0. The number of para-hydroxylation sites is 1. The van der Waals surface area contributed by atoms with Crippen LogP contribution in [0.25, 0.3) is 22.2 Å². The summed E-state index contributed by atoms with van der Waals surface area (Å²) in [5.74, 6) is -0.839. The number of aryl methyl sites for hydroxylation is 1. The van der Waals surface area contributed by atoms with Crippen LogP contribution >= 0.6 is 0 Å². The van der Waals surface area contributed by atoms with Gasteiger partial charge < -0.3 is 5.32 Å². The third-order valence-corrected chi connectivity index (χ3v) is 4.69. The molecule has 0 saturated carbocycles. The third-order valence-electron chi connectivity index (χ3n) is 4.69. The Balaban J connectivity index is 1.71. The van der Waals surface area contributed by atoms with Gasteiger partial charge in [-0.1, -0.05) is 54.6 Å². The van der Waals surface area contributed by atoms with E-state index in [0.29, 0.717) is 22.5 Å². The predicted molar refractivity (Wildman–Crippen MR) is 111 cm³/mol. The van der Waals surface area contributed by atoms with Gasteiger partial charge in [0.2, 0.25) is 5.91 Å². The largest absolute Gasteiger partial charge is 0.349 e. The lowest BCUT2D eigenvalue weighted by Gasteiger charge is -2.13. The van der Waals surface area contributed by atoms with Crippen molar-refractivity contribution in [2.24, 2.45) is 0 Å². The lowest BCUT2D eigenvalue weighted by molar-refractivity contribution is -0.116. The van der Waals surface area contributed by atoms with Gasteiger partial charge in [0.05, 0.1) is 11.2 Å². The molecule has 5 nitrogen and oxygen atoms in total. The molecule has 0 spiro atoms. The number of fused-ring (bicyclic) bond motifs is 1. The number of nitrogens with zero attached hydrogens (tertiary/aromatic N) is 2. The average molecular weight is 387 g/mol. The van der Waals surface area contributed by atoms with Crippen LogP contribution < -0.4 is 11.0 Å². The molecule has 0 radical (unpaired) electrons. The molecule has 0 atom stereocenters. The highest BCUT2D eigenvalue weighted by Gasteiger charge is 2.14. The summed E-state index contributed by atoms with van der Waals surface area (Å²) < 4.78 is 15.0. The van der Waals surface area contributed by atoms with E-state index >= 15 is 0 Å². The molecule has 144 valence electrons. The molecule has 0 fully saturated rings. The number of anilines is 1. The van der Waals surface area contributed by atoms with Crippen LogP contribution in [-0.4, -0.2) is 15.5 Å². The van der Waals surface area contributed by atoms with Gasteiger partial charge in [-0.2, -0.15) is 4.98 Å². The molecular formula is C23H18FN3O2. The second-order valence-corrected chi connectivity index (χ2v) is 6.72. The minimum absolute atomic E-state index is 0.225. The molecule has 0 aliphatic carbocycles. The van der Waals surface area contributed by atoms with Gasteiger partial charge in [-0.25, -0.2) is 9.18 Å². The molecule has 4 rings (SSSR count). The number of rotatable bonds is 4. The van der Waals surface area contributed by atoms with Crippen LogP contribution in [-0.2, 0) is 11.3 Å². The summed E-state index contributed by atoms with van der Waals surface area (Å²) >= 11 is 0. The van der Waals surface area contributed by atoms with Crippen molar-refractivity contribution < 1.29 is 9.18 Å². The van der Waals surface area contributed by atoms with Crippen molar-refractivity contribution in [3.8, 4) is 11.3 Å². The Bertz CT molecular complexity index is 1270. The maximum Gasteiger partial charge on any atom is 0.349 e. The standard InChI is InChI=1S/C23H18FN3O2/c1-15-11-12-17(13-19(15)24)25-21(28)14-27-20-10-6-5-9-18(20)22(26-23(27)29)16-7-3-2-4-8-16/h2-13H,14H2,1H3,(H,25,28). The first-order valence-corrected chi connectivity index (χ1v) is 9.14. The zero-order chi connectivity index (χ0) is 20.4. The number of hydrogen-bond acceptors (Lipinski definition) is 3. The fourth-order valence-electron chi connectivity index (χ4n) is 3.21. The summed E-state index contributed by atoms with van der Waals surface area (Å²) in [6, 6.07) is 21.2. The summed E-state index contributed by atoms with van der Waals surface area (Å²) in [5.41, 5.74) is 2.32. The Labute approximate surface area is 166 Å². The second-order valence-electron chi connectivity index (χ2n) is 6.72. The summed E-state index contributed by atoms with van der Waals surface area (Å²) in [6.07, 6.45) is 0. The molecule has 0 saturated heterocycles. The molecule has 1 N–H and O–H groups in total. The molecule has 0 bridgehead atoms. The highest BCUT2D eigenvalue weighted by atomic mass is 19.1. The number of aromatic nitrogens is 2. The number of nitrogens with one attached hydrogen (secondary N) is 1. The van der Waals surface area contributed by atoms with Crippen molar-refractivity contribution in [2.45, 2.75) is 13.5 Å². The van der Waals surface area contributed by atoms with Crippen LogP contribution in [0, 0.1) is 12.7 Å². The van der Waals surface area contributed by atoms with E-state index in [1.807, 2.05) is 42.5 Å². The normalized spacial score (nSPS) is 10.8. The highest BCUT2D eigenvalue weighted by molar-refractivity contribution is 5.95. The topological polar surface area (TPSA) is 64.0 Å². The van der Waals surface area contributed by atoms with Gasteiger partial charge in [0.15, 0.2) is 0 Å². The Morgan fingerprint density at radius 2 is 1.76 bits per heavy atom. The molecule has 0 aliphatic rings. The lowest BCUT2D eigenvalue weighted by atomic mass is 10.1. The van der Waals surface area contributed by atoms with E-state index in [1.165, 1.54) is 10.6 Å². The second kappa shape index (κ2) is 7.67. The number of hydrogen-bond donors (Lipinski definition) is 1. The smallest absolute Gasteiger partial charge is 0.324 e. The van der Waals surface area contributed by atoms with Crippen molar-refractivity contribution in [3.05, 3.63) is 94.7 Å². The number of halogens is 1. The van der Waals surface area contributed by atoms with Crippen molar-refractivity contribution in [1.29, 1.82) is 0 Å². The summed E-state index contributed by atoms with van der Waals surface area (Å²) in [6.45, 7) is 1.42. The Morgan fingerprint density at radius 3 is 2.52 bits per heavy atom. The molecule has 3 aromatic carbocycles. The zero-order valence-corrected chi connectivity index (χ0v) is 15.7. The van der Waals surface area contributed by atoms with Gasteiger partial charge >= 0.3 is 5.69 Å². The van der Waals surface area contributed by atoms with E-state index in [9.17, 15) is 14.0 Å². The lowest BCUT2D eigenvalue weighted by Crippen LogP contribution is -2.30. The molecule has 1 heterocycles. The van der Waals surface area contributed by atoms with Crippen molar-refractivity contribution >= 4 is 22.5 Å². The minimum Gasteiger partial charge on any atom is -0.324 e. The molecule has 1 amide bonds. The van der Waals surface area contributed by atoms with Crippen molar-refractivity contribution in [3.63, 3.8) is 0 Å². The number of amides is 1. The zero-order valence-electron chi connectivity index (χ0n) is 15.7. The SMILES string of the molecule is Cc1ccc(NC(=O)Cn2c(=O)nc(-c3ccccc3)c3ccccc32)cc1F. The summed E-state index contributed by atoms with van der Waals surface area (Å²) in [7, 11) is 0. The maximum atomic E-state index is 13.7. The molecular weight excluding hydrogens is 369 g/mol.